The Morgan fingerprint density at radius 3 is 1.58 bits per heavy atom. The van der Waals surface area contributed by atoms with Crippen molar-refractivity contribution in [2.24, 2.45) is 0 Å². The SMILES string of the molecule is COc1cc(C(=O)C=Cc2ccc(OCCCCCC[P+](c3ccccc3)(c3ccccc3)c3ccccc3)cc2)cc(OC)c1OC. The zero-order valence-corrected chi connectivity index (χ0v) is 28.9. The van der Waals surface area contributed by atoms with Gasteiger partial charge in [-0.1, -0.05) is 72.8 Å². The third-order valence-corrected chi connectivity index (χ3v) is 13.0. The normalized spacial score (nSPS) is 11.3. The van der Waals surface area contributed by atoms with Gasteiger partial charge in [0.1, 0.15) is 28.9 Å². The Kier molecular flexibility index (Phi) is 12.5. The van der Waals surface area contributed by atoms with E-state index in [0.717, 1.165) is 43.2 Å². The number of ketones is 1. The number of carbonyl (C=O) groups excluding carboxylic acids is 1. The molecule has 0 N–H and O–H groups in total. The van der Waals surface area contributed by atoms with Gasteiger partial charge >= 0.3 is 0 Å². The fourth-order valence-electron chi connectivity index (χ4n) is 6.04. The van der Waals surface area contributed by atoms with Crippen LogP contribution in [0.15, 0.2) is 133 Å². The van der Waals surface area contributed by atoms with E-state index in [0.29, 0.717) is 29.4 Å². The summed E-state index contributed by atoms with van der Waals surface area (Å²) in [4.78, 5) is 12.9. The van der Waals surface area contributed by atoms with E-state index in [-0.39, 0.29) is 5.78 Å². The number of allylic oxidation sites excluding steroid dienone is 1. The van der Waals surface area contributed by atoms with Gasteiger partial charge < -0.3 is 18.9 Å². The maximum Gasteiger partial charge on any atom is 0.203 e. The molecule has 0 radical (unpaired) electrons. The van der Waals surface area contributed by atoms with Crippen LogP contribution >= 0.6 is 7.26 Å². The molecule has 0 fully saturated rings. The van der Waals surface area contributed by atoms with Gasteiger partial charge in [-0.3, -0.25) is 4.79 Å². The van der Waals surface area contributed by atoms with Crippen LogP contribution in [0.5, 0.6) is 23.0 Å². The topological polar surface area (TPSA) is 54.0 Å². The van der Waals surface area contributed by atoms with E-state index in [9.17, 15) is 4.79 Å². The van der Waals surface area contributed by atoms with Crippen LogP contribution in [0.4, 0.5) is 0 Å². The maximum atomic E-state index is 12.9. The summed E-state index contributed by atoms with van der Waals surface area (Å²) in [6, 6.07) is 44.4. The molecule has 0 bridgehead atoms. The third kappa shape index (κ3) is 8.34. The van der Waals surface area contributed by atoms with Gasteiger partial charge in [-0.25, -0.2) is 0 Å². The molecule has 0 saturated carbocycles. The van der Waals surface area contributed by atoms with Gasteiger partial charge in [-0.2, -0.15) is 0 Å². The molecule has 5 nitrogen and oxygen atoms in total. The first-order valence-corrected chi connectivity index (χ1v) is 18.4. The van der Waals surface area contributed by atoms with Crippen molar-refractivity contribution < 1.29 is 23.7 Å². The standard InChI is InChI=1S/C42H44O5P/c1-44-40-31-34(32-41(45-2)42(40)46-3)39(43)28-25-33-23-26-35(27-24-33)47-29-15-4-5-16-30-48(36-17-9-6-10-18-36,37-19-11-7-12-20-37)38-21-13-8-14-22-38/h6-14,17-28,31-32H,4-5,15-16,29-30H2,1-3H3/q+1. The van der Waals surface area contributed by atoms with Crippen LogP contribution in [0.3, 0.4) is 0 Å². The smallest absolute Gasteiger partial charge is 0.203 e. The van der Waals surface area contributed by atoms with Crippen molar-refractivity contribution >= 4 is 35.0 Å². The van der Waals surface area contributed by atoms with Crippen LogP contribution in [0.2, 0.25) is 0 Å². The van der Waals surface area contributed by atoms with Gasteiger partial charge in [0.05, 0.1) is 34.1 Å². The second-order valence-corrected chi connectivity index (χ2v) is 15.1. The Labute approximate surface area is 285 Å². The van der Waals surface area contributed by atoms with Crippen LogP contribution < -0.4 is 34.9 Å². The van der Waals surface area contributed by atoms with E-state index in [4.69, 9.17) is 18.9 Å². The number of carbonyl (C=O) groups is 1. The Morgan fingerprint density at radius 2 is 1.10 bits per heavy atom. The highest BCUT2D eigenvalue weighted by Gasteiger charge is 2.44. The van der Waals surface area contributed by atoms with E-state index in [2.05, 4.69) is 91.0 Å². The number of benzene rings is 5. The zero-order chi connectivity index (χ0) is 33.6. The minimum atomic E-state index is -1.78. The number of ether oxygens (including phenoxy) is 4. The lowest BCUT2D eigenvalue weighted by molar-refractivity contribution is 0.104. The van der Waals surface area contributed by atoms with Crippen molar-refractivity contribution in [2.75, 3.05) is 34.1 Å². The molecule has 5 aromatic carbocycles. The molecule has 0 amide bonds. The van der Waals surface area contributed by atoms with Crippen LogP contribution in [0.25, 0.3) is 6.08 Å². The largest absolute Gasteiger partial charge is 0.494 e. The van der Waals surface area contributed by atoms with Crippen LogP contribution in [-0.4, -0.2) is 39.9 Å². The van der Waals surface area contributed by atoms with Gasteiger partial charge in [0.15, 0.2) is 17.3 Å². The summed E-state index contributed by atoms with van der Waals surface area (Å²) in [6.07, 6.45) is 8.90. The molecule has 0 aliphatic heterocycles. The third-order valence-electron chi connectivity index (χ3n) is 8.50. The maximum absolute atomic E-state index is 12.9. The molecule has 0 aromatic heterocycles. The molecular formula is C42H44O5P+. The second kappa shape index (κ2) is 17.3. The molecule has 0 atom stereocenters. The van der Waals surface area contributed by atoms with Crippen molar-refractivity contribution in [2.45, 2.75) is 25.7 Å². The van der Waals surface area contributed by atoms with Crippen molar-refractivity contribution in [1.82, 2.24) is 0 Å². The van der Waals surface area contributed by atoms with Gasteiger partial charge in [-0.05, 0) is 98.0 Å². The quantitative estimate of drug-likeness (QED) is 0.0434. The summed E-state index contributed by atoms with van der Waals surface area (Å²) in [7, 11) is 2.82. The second-order valence-electron chi connectivity index (χ2n) is 11.5. The first kappa shape index (κ1) is 34.5. The van der Waals surface area contributed by atoms with Gasteiger partial charge in [0.2, 0.25) is 5.75 Å². The highest BCUT2D eigenvalue weighted by Crippen LogP contribution is 2.56. The lowest BCUT2D eigenvalue weighted by atomic mass is 10.1. The fraction of sp³-hybridized carbons (Fsp3) is 0.214. The summed E-state index contributed by atoms with van der Waals surface area (Å²) in [5.74, 6) is 2.00. The molecule has 6 heteroatoms. The molecule has 0 saturated heterocycles. The molecule has 48 heavy (non-hydrogen) atoms. The predicted octanol–water partition coefficient (Wildman–Crippen LogP) is 8.54. The molecular weight excluding hydrogens is 615 g/mol. The van der Waals surface area contributed by atoms with Gasteiger partial charge in [-0.15, -0.1) is 0 Å². The van der Waals surface area contributed by atoms with Crippen LogP contribution in [0.1, 0.15) is 41.6 Å². The summed E-state index contributed by atoms with van der Waals surface area (Å²) < 4.78 is 22.2. The summed E-state index contributed by atoms with van der Waals surface area (Å²) in [5.41, 5.74) is 1.36. The molecule has 246 valence electrons. The Morgan fingerprint density at radius 1 is 0.604 bits per heavy atom. The lowest BCUT2D eigenvalue weighted by Crippen LogP contribution is -2.33. The van der Waals surface area contributed by atoms with Crippen molar-refractivity contribution in [3.8, 4) is 23.0 Å². The fourth-order valence-corrected chi connectivity index (χ4v) is 10.5. The predicted molar refractivity (Wildman–Crippen MR) is 200 cm³/mol. The minimum absolute atomic E-state index is 0.162. The first-order valence-electron chi connectivity index (χ1n) is 16.4. The number of hydrogen-bond donors (Lipinski definition) is 0. The van der Waals surface area contributed by atoms with E-state index in [1.165, 1.54) is 37.2 Å². The molecule has 0 heterocycles. The molecule has 0 aliphatic rings. The summed E-state index contributed by atoms with van der Waals surface area (Å²) in [6.45, 7) is 0.672. The zero-order valence-electron chi connectivity index (χ0n) is 28.0. The van der Waals surface area contributed by atoms with Crippen molar-refractivity contribution in [1.29, 1.82) is 0 Å². The monoisotopic (exact) mass is 659 g/mol. The molecule has 0 unspecified atom stereocenters. The van der Waals surface area contributed by atoms with E-state index < -0.39 is 7.26 Å². The van der Waals surface area contributed by atoms with Crippen LogP contribution in [0, 0.1) is 0 Å². The number of rotatable bonds is 17. The lowest BCUT2D eigenvalue weighted by Gasteiger charge is -2.27. The summed E-state index contributed by atoms with van der Waals surface area (Å²) >= 11 is 0. The van der Waals surface area contributed by atoms with Crippen LogP contribution in [-0.2, 0) is 0 Å². The summed E-state index contributed by atoms with van der Waals surface area (Å²) in [5, 5.41) is 4.32. The van der Waals surface area contributed by atoms with Crippen molar-refractivity contribution in [3.05, 3.63) is 145 Å². The first-order chi connectivity index (χ1) is 23.6. The van der Waals surface area contributed by atoms with Gasteiger partial charge in [0, 0.05) is 5.56 Å². The Bertz CT molecular complexity index is 1630. The highest BCUT2D eigenvalue weighted by atomic mass is 31.2. The number of unbranched alkanes of at least 4 members (excludes halogenated alkanes) is 3. The Balaban J connectivity index is 1.13. The Hall–Kier alpha value is -4.86. The number of hydrogen-bond acceptors (Lipinski definition) is 5. The molecule has 5 aromatic rings. The van der Waals surface area contributed by atoms with Crippen molar-refractivity contribution in [3.63, 3.8) is 0 Å². The molecule has 0 spiro atoms. The minimum Gasteiger partial charge on any atom is -0.494 e. The van der Waals surface area contributed by atoms with E-state index >= 15 is 0 Å². The number of methoxy groups -OCH3 is 3. The molecule has 5 rings (SSSR count). The van der Waals surface area contributed by atoms with E-state index in [1.807, 2.05) is 24.3 Å². The van der Waals surface area contributed by atoms with Gasteiger partial charge in [0.25, 0.3) is 0 Å². The average Bonchev–Trinajstić information content (AvgIpc) is 3.16. The van der Waals surface area contributed by atoms with E-state index in [1.54, 1.807) is 24.3 Å². The molecule has 0 aliphatic carbocycles. The average molecular weight is 660 g/mol. The highest BCUT2D eigenvalue weighted by molar-refractivity contribution is 7.95.